The van der Waals surface area contributed by atoms with Crippen molar-refractivity contribution >= 4 is 6.03 Å². The number of nitrogens with one attached hydrogen (secondary N) is 3. The number of aliphatic hydroxyl groups is 1. The van der Waals surface area contributed by atoms with Crippen molar-refractivity contribution in [1.29, 1.82) is 0 Å². The van der Waals surface area contributed by atoms with Crippen LogP contribution in [0.4, 0.5) is 4.79 Å². The van der Waals surface area contributed by atoms with E-state index >= 15 is 0 Å². The van der Waals surface area contributed by atoms with Crippen LogP contribution in [0.2, 0.25) is 0 Å². The molecule has 24 heavy (non-hydrogen) atoms. The minimum absolute atomic E-state index is 0.0383. The fraction of sp³-hybridized carbons (Fsp3) is 0.833. The number of methoxy groups -OCH3 is 1. The van der Waals surface area contributed by atoms with E-state index in [4.69, 9.17) is 4.74 Å². The molecule has 2 saturated carbocycles. The van der Waals surface area contributed by atoms with Crippen LogP contribution in [0.15, 0.2) is 12.3 Å². The number of hydrogen-bond acceptors (Lipinski definition) is 4. The van der Waals surface area contributed by atoms with Crippen LogP contribution in [0.25, 0.3) is 0 Å². The van der Waals surface area contributed by atoms with Gasteiger partial charge in [-0.1, -0.05) is 38.7 Å². The van der Waals surface area contributed by atoms with E-state index in [-0.39, 0.29) is 23.9 Å². The van der Waals surface area contributed by atoms with Gasteiger partial charge in [0.25, 0.3) is 0 Å². The number of rotatable bonds is 7. The Hall–Kier alpha value is -1.27. The van der Waals surface area contributed by atoms with Crippen LogP contribution in [0.1, 0.15) is 64.2 Å². The summed E-state index contributed by atoms with van der Waals surface area (Å²) in [6.07, 6.45) is 11.2. The quantitative estimate of drug-likeness (QED) is 0.424. The van der Waals surface area contributed by atoms with Crippen LogP contribution in [0.5, 0.6) is 0 Å². The highest BCUT2D eigenvalue weighted by Crippen LogP contribution is 2.28. The lowest BCUT2D eigenvalue weighted by Gasteiger charge is -2.29. The Balaban J connectivity index is 1.69. The zero-order chi connectivity index (χ0) is 17.4. The third-order valence-corrected chi connectivity index (χ3v) is 5.40. The van der Waals surface area contributed by atoms with Gasteiger partial charge in [0.05, 0.1) is 12.1 Å². The zero-order valence-electron chi connectivity index (χ0n) is 14.9. The number of aliphatic hydroxyl groups excluding tert-OH is 1. The van der Waals surface area contributed by atoms with E-state index in [1.54, 1.807) is 7.11 Å². The van der Waals surface area contributed by atoms with Gasteiger partial charge in [0, 0.05) is 13.2 Å². The molecule has 0 bridgehead atoms. The summed E-state index contributed by atoms with van der Waals surface area (Å²) in [4.78, 5) is 12.1. The Morgan fingerprint density at radius 1 is 1.17 bits per heavy atom. The van der Waals surface area contributed by atoms with Crippen LogP contribution in [0, 0.1) is 5.92 Å². The zero-order valence-corrected chi connectivity index (χ0v) is 14.9. The van der Waals surface area contributed by atoms with Gasteiger partial charge in [0.1, 0.15) is 5.76 Å². The van der Waals surface area contributed by atoms with Crippen molar-refractivity contribution in [1.82, 2.24) is 16.2 Å². The molecule has 0 aliphatic heterocycles. The van der Waals surface area contributed by atoms with Crippen molar-refractivity contribution in [3.8, 4) is 0 Å². The van der Waals surface area contributed by atoms with Crippen molar-refractivity contribution in [2.75, 3.05) is 7.11 Å². The second-order valence-corrected chi connectivity index (χ2v) is 7.24. The second-order valence-electron chi connectivity index (χ2n) is 7.24. The smallest absolute Gasteiger partial charge is 0.329 e. The molecule has 138 valence electrons. The molecule has 1 unspecified atom stereocenters. The van der Waals surface area contributed by atoms with Gasteiger partial charge in [-0.2, -0.15) is 0 Å². The lowest BCUT2D eigenvalue weighted by Crippen LogP contribution is -2.52. The molecule has 0 aromatic heterocycles. The first-order chi connectivity index (χ1) is 11.6. The minimum Gasteiger partial charge on any atom is -0.511 e. The number of urea groups is 1. The fourth-order valence-corrected chi connectivity index (χ4v) is 3.84. The first-order valence-electron chi connectivity index (χ1n) is 9.31. The number of amides is 2. The van der Waals surface area contributed by atoms with E-state index in [0.717, 1.165) is 32.1 Å². The van der Waals surface area contributed by atoms with Crippen molar-refractivity contribution < 1.29 is 14.6 Å². The van der Waals surface area contributed by atoms with Crippen LogP contribution < -0.4 is 16.2 Å². The maximum Gasteiger partial charge on any atom is 0.329 e. The standard InChI is InChI=1S/C18H33N3O3/c1-13(22)17(12-14-6-4-3-5-7-14)19-18(23)21-20-15-8-10-16(24-2)11-9-15/h14-17,20,22H,1,3-12H2,2H3,(H2,19,21,23). The van der Waals surface area contributed by atoms with Crippen molar-refractivity contribution in [3.05, 3.63) is 12.3 Å². The number of hydrazine groups is 1. The normalized spacial score (nSPS) is 26.5. The predicted molar refractivity (Wildman–Crippen MR) is 94.6 cm³/mol. The van der Waals surface area contributed by atoms with Crippen molar-refractivity contribution in [2.45, 2.75) is 82.4 Å². The Kier molecular flexibility index (Phi) is 7.85. The Bertz CT molecular complexity index is 402. The van der Waals surface area contributed by atoms with Gasteiger partial charge in [-0.25, -0.2) is 10.2 Å². The van der Waals surface area contributed by atoms with Crippen molar-refractivity contribution in [3.63, 3.8) is 0 Å². The number of carbonyl (C=O) groups excluding carboxylic acids is 1. The highest BCUT2D eigenvalue weighted by Gasteiger charge is 2.24. The molecule has 0 aromatic rings. The number of ether oxygens (including phenoxy) is 1. The maximum absolute atomic E-state index is 12.1. The van der Waals surface area contributed by atoms with E-state index in [1.165, 1.54) is 32.1 Å². The van der Waals surface area contributed by atoms with Gasteiger partial charge in [0.15, 0.2) is 0 Å². The molecule has 2 fully saturated rings. The lowest BCUT2D eigenvalue weighted by molar-refractivity contribution is 0.0613. The monoisotopic (exact) mass is 339 g/mol. The molecule has 2 aliphatic rings. The van der Waals surface area contributed by atoms with E-state index in [1.807, 2.05) is 0 Å². The predicted octanol–water partition coefficient (Wildman–Crippen LogP) is 3.16. The third kappa shape index (κ3) is 6.32. The molecular weight excluding hydrogens is 306 g/mol. The molecule has 0 heterocycles. The van der Waals surface area contributed by atoms with E-state index in [2.05, 4.69) is 22.7 Å². The molecule has 0 spiro atoms. The van der Waals surface area contributed by atoms with Crippen LogP contribution in [-0.4, -0.2) is 36.4 Å². The molecule has 0 radical (unpaired) electrons. The van der Waals surface area contributed by atoms with Gasteiger partial charge in [-0.3, -0.25) is 5.43 Å². The Morgan fingerprint density at radius 2 is 1.83 bits per heavy atom. The SMILES string of the molecule is C=C(O)C(CC1CCCCC1)NC(=O)NNC1CCC(OC)CC1. The molecule has 2 amide bonds. The summed E-state index contributed by atoms with van der Waals surface area (Å²) in [5.41, 5.74) is 5.80. The first-order valence-corrected chi connectivity index (χ1v) is 9.31. The average Bonchev–Trinajstić information content (AvgIpc) is 2.60. The fourth-order valence-electron chi connectivity index (χ4n) is 3.84. The highest BCUT2D eigenvalue weighted by molar-refractivity contribution is 5.74. The van der Waals surface area contributed by atoms with Crippen LogP contribution in [-0.2, 0) is 4.74 Å². The Labute approximate surface area is 145 Å². The molecule has 6 nitrogen and oxygen atoms in total. The number of carbonyl (C=O) groups is 1. The molecule has 1 atom stereocenters. The minimum atomic E-state index is -0.376. The Morgan fingerprint density at radius 3 is 2.42 bits per heavy atom. The van der Waals surface area contributed by atoms with E-state index < -0.39 is 0 Å². The van der Waals surface area contributed by atoms with E-state index in [9.17, 15) is 9.90 Å². The summed E-state index contributed by atoms with van der Waals surface area (Å²) in [6, 6.07) is -0.407. The van der Waals surface area contributed by atoms with Crippen LogP contribution >= 0.6 is 0 Å². The highest BCUT2D eigenvalue weighted by atomic mass is 16.5. The van der Waals surface area contributed by atoms with Crippen LogP contribution in [0.3, 0.4) is 0 Å². The summed E-state index contributed by atoms with van der Waals surface area (Å²) in [7, 11) is 1.75. The van der Waals surface area contributed by atoms with Gasteiger partial charge >= 0.3 is 6.03 Å². The summed E-state index contributed by atoms with van der Waals surface area (Å²) >= 11 is 0. The summed E-state index contributed by atoms with van der Waals surface area (Å²) < 4.78 is 5.35. The summed E-state index contributed by atoms with van der Waals surface area (Å²) in [5.74, 6) is 0.599. The summed E-state index contributed by atoms with van der Waals surface area (Å²) in [6.45, 7) is 3.62. The average molecular weight is 339 g/mol. The molecule has 2 rings (SSSR count). The van der Waals surface area contributed by atoms with Gasteiger partial charge in [0.2, 0.25) is 0 Å². The molecule has 6 heteroatoms. The lowest BCUT2D eigenvalue weighted by atomic mass is 9.84. The van der Waals surface area contributed by atoms with Gasteiger partial charge in [-0.15, -0.1) is 0 Å². The molecular formula is C18H33N3O3. The molecule has 2 aliphatic carbocycles. The van der Waals surface area contributed by atoms with E-state index in [0.29, 0.717) is 12.0 Å². The largest absolute Gasteiger partial charge is 0.511 e. The maximum atomic E-state index is 12.1. The second kappa shape index (κ2) is 9.89. The molecule has 0 saturated heterocycles. The number of hydrogen-bond donors (Lipinski definition) is 4. The van der Waals surface area contributed by atoms with Gasteiger partial charge in [-0.05, 0) is 38.0 Å². The van der Waals surface area contributed by atoms with Crippen molar-refractivity contribution in [2.24, 2.45) is 5.92 Å². The van der Waals surface area contributed by atoms with Gasteiger partial charge < -0.3 is 15.2 Å². The summed E-state index contributed by atoms with van der Waals surface area (Å²) in [5, 5.41) is 12.6. The first kappa shape index (κ1) is 19.1. The third-order valence-electron chi connectivity index (χ3n) is 5.40. The molecule has 0 aromatic carbocycles. The molecule has 4 N–H and O–H groups in total. The topological polar surface area (TPSA) is 82.6 Å².